The molecule has 0 radical (unpaired) electrons. The van der Waals surface area contributed by atoms with Crippen LogP contribution >= 0.6 is 7.60 Å². The first kappa shape index (κ1) is 13.3. The minimum atomic E-state index is -4.43. The Morgan fingerprint density at radius 1 is 1.56 bits per heavy atom. The Bertz CT molecular complexity index is 416. The van der Waals surface area contributed by atoms with E-state index >= 15 is 0 Å². The van der Waals surface area contributed by atoms with Gasteiger partial charge in [-0.25, -0.2) is 0 Å². The summed E-state index contributed by atoms with van der Waals surface area (Å²) >= 11 is 0. The highest BCUT2D eigenvalue weighted by Crippen LogP contribution is 2.52. The molecule has 1 aromatic rings. The van der Waals surface area contributed by atoms with Gasteiger partial charge in [0.05, 0.1) is 6.61 Å². The molecule has 0 fully saturated rings. The highest BCUT2D eigenvalue weighted by Gasteiger charge is 2.32. The van der Waals surface area contributed by atoms with E-state index in [2.05, 4.69) is 4.98 Å². The van der Waals surface area contributed by atoms with Crippen LogP contribution in [-0.2, 0) is 15.9 Å². The van der Waals surface area contributed by atoms with E-state index in [9.17, 15) is 4.57 Å². The summed E-state index contributed by atoms with van der Waals surface area (Å²) in [7, 11) is -3.23. The van der Waals surface area contributed by atoms with Crippen molar-refractivity contribution in [1.82, 2.24) is 4.98 Å². The van der Waals surface area contributed by atoms with Crippen molar-refractivity contribution in [3.05, 3.63) is 29.1 Å². The van der Waals surface area contributed by atoms with Crippen molar-refractivity contribution in [3.63, 3.8) is 0 Å². The average molecular weight is 247 g/mol. The van der Waals surface area contributed by atoms with E-state index in [0.29, 0.717) is 11.3 Å². The number of hydrogen-bond acceptors (Lipinski definition) is 4. The van der Waals surface area contributed by atoms with Crippen LogP contribution in [0, 0.1) is 6.92 Å². The predicted molar refractivity (Wildman–Crippen MR) is 56.7 cm³/mol. The van der Waals surface area contributed by atoms with Gasteiger partial charge in [-0.05, 0) is 18.6 Å². The summed E-state index contributed by atoms with van der Waals surface area (Å²) in [6.45, 7) is 1.40. The maximum atomic E-state index is 11.2. The third-order valence-corrected chi connectivity index (χ3v) is 3.23. The summed E-state index contributed by atoms with van der Waals surface area (Å²) in [4.78, 5) is 22.1. The highest BCUT2D eigenvalue weighted by molar-refractivity contribution is 7.52. The van der Waals surface area contributed by atoms with Crippen LogP contribution in [0.15, 0.2) is 12.3 Å². The normalized spacial score (nSPS) is 13.8. The van der Waals surface area contributed by atoms with Crippen LogP contribution in [0.5, 0.6) is 0 Å². The second-order valence-electron chi connectivity index (χ2n) is 3.36. The van der Waals surface area contributed by atoms with E-state index in [1.54, 1.807) is 13.0 Å². The highest BCUT2D eigenvalue weighted by atomic mass is 31.2. The molecule has 0 amide bonds. The van der Waals surface area contributed by atoms with Gasteiger partial charge in [0.15, 0.2) is 5.85 Å². The number of hydrogen-bond donors (Lipinski definition) is 3. The number of aliphatic hydroxyl groups excluding tert-OH is 1. The number of pyridine rings is 1. The van der Waals surface area contributed by atoms with Crippen molar-refractivity contribution in [2.45, 2.75) is 19.4 Å². The van der Waals surface area contributed by atoms with Gasteiger partial charge in [0.25, 0.3) is 0 Å². The molecule has 1 aromatic heterocycles. The fraction of sp³-hybridized carbons (Fsp3) is 0.444. The number of ether oxygens (including phenoxy) is 1. The van der Waals surface area contributed by atoms with Crippen molar-refractivity contribution < 1.29 is 24.2 Å². The van der Waals surface area contributed by atoms with Crippen LogP contribution in [0.3, 0.4) is 0 Å². The van der Waals surface area contributed by atoms with E-state index in [1.807, 2.05) is 0 Å². The second kappa shape index (κ2) is 5.03. The maximum absolute atomic E-state index is 11.2. The minimum Gasteiger partial charge on any atom is -0.392 e. The molecule has 0 aliphatic carbocycles. The third-order valence-electron chi connectivity index (χ3n) is 2.13. The van der Waals surface area contributed by atoms with Gasteiger partial charge in [0, 0.05) is 24.6 Å². The van der Waals surface area contributed by atoms with Gasteiger partial charge < -0.3 is 19.6 Å². The molecule has 6 nitrogen and oxygen atoms in total. The molecule has 1 unspecified atom stereocenters. The van der Waals surface area contributed by atoms with Crippen molar-refractivity contribution in [2.75, 3.05) is 7.11 Å². The molecule has 3 N–H and O–H groups in total. The van der Waals surface area contributed by atoms with Gasteiger partial charge in [-0.3, -0.25) is 9.55 Å². The molecule has 7 heteroatoms. The first-order valence-electron chi connectivity index (χ1n) is 4.54. The van der Waals surface area contributed by atoms with Gasteiger partial charge in [0.1, 0.15) is 0 Å². The standard InChI is InChI=1S/C9H14NO5P/c1-6-3-7(5-11)8(4-10-6)9(15-2)16(12,13)14/h3-4,9,11H,5H2,1-2H3,(H2,12,13,14). The van der Waals surface area contributed by atoms with Crippen LogP contribution in [0.2, 0.25) is 0 Å². The fourth-order valence-corrected chi connectivity index (χ4v) is 2.30. The molecular weight excluding hydrogens is 233 g/mol. The SMILES string of the molecule is COC(c1cnc(C)cc1CO)P(=O)(O)O. The molecule has 0 aliphatic rings. The average Bonchev–Trinajstić information content (AvgIpc) is 2.19. The monoisotopic (exact) mass is 247 g/mol. The summed E-state index contributed by atoms with van der Waals surface area (Å²) in [5.41, 5.74) is 1.28. The minimum absolute atomic E-state index is 0.212. The van der Waals surface area contributed by atoms with E-state index < -0.39 is 13.4 Å². The smallest absolute Gasteiger partial charge is 0.358 e. The molecule has 0 bridgehead atoms. The molecule has 1 rings (SSSR count). The zero-order valence-corrected chi connectivity index (χ0v) is 9.89. The number of rotatable bonds is 4. The zero-order valence-electron chi connectivity index (χ0n) is 8.99. The van der Waals surface area contributed by atoms with Crippen molar-refractivity contribution in [3.8, 4) is 0 Å². The molecule has 90 valence electrons. The number of methoxy groups -OCH3 is 1. The summed E-state index contributed by atoms with van der Waals surface area (Å²) in [6, 6.07) is 1.57. The first-order chi connectivity index (χ1) is 7.40. The Morgan fingerprint density at radius 3 is 2.62 bits per heavy atom. The fourth-order valence-electron chi connectivity index (χ4n) is 1.43. The Labute approximate surface area is 93.1 Å². The largest absolute Gasteiger partial charge is 0.392 e. The lowest BCUT2D eigenvalue weighted by atomic mass is 10.1. The van der Waals surface area contributed by atoms with Gasteiger partial charge >= 0.3 is 7.60 Å². The third kappa shape index (κ3) is 2.87. The summed E-state index contributed by atoms with van der Waals surface area (Å²) in [5.74, 6) is -1.39. The molecule has 1 atom stereocenters. The predicted octanol–water partition coefficient (Wildman–Crippen LogP) is 0.705. The van der Waals surface area contributed by atoms with Gasteiger partial charge in [0.2, 0.25) is 0 Å². The lowest BCUT2D eigenvalue weighted by Crippen LogP contribution is -2.07. The quantitative estimate of drug-likeness (QED) is 0.677. The van der Waals surface area contributed by atoms with Gasteiger partial charge in [-0.2, -0.15) is 0 Å². The molecule has 0 saturated heterocycles. The maximum Gasteiger partial charge on any atom is 0.358 e. The van der Waals surface area contributed by atoms with Crippen molar-refractivity contribution in [2.24, 2.45) is 0 Å². The lowest BCUT2D eigenvalue weighted by Gasteiger charge is -2.19. The number of aliphatic hydroxyl groups is 1. The van der Waals surface area contributed by atoms with E-state index in [-0.39, 0.29) is 12.2 Å². The number of aryl methyl sites for hydroxylation is 1. The Kier molecular flexibility index (Phi) is 4.18. The summed E-state index contributed by atoms with van der Waals surface area (Å²) in [5, 5.41) is 9.12. The van der Waals surface area contributed by atoms with E-state index in [1.165, 1.54) is 13.3 Å². The molecule has 0 aliphatic heterocycles. The van der Waals surface area contributed by atoms with Crippen molar-refractivity contribution >= 4 is 7.60 Å². The molecular formula is C9H14NO5P. The summed E-state index contributed by atoms with van der Waals surface area (Å²) in [6.07, 6.45) is 1.31. The Morgan fingerprint density at radius 2 is 2.19 bits per heavy atom. The van der Waals surface area contributed by atoms with Crippen LogP contribution in [0.4, 0.5) is 0 Å². The van der Waals surface area contributed by atoms with Gasteiger partial charge in [-0.15, -0.1) is 0 Å². The van der Waals surface area contributed by atoms with Crippen LogP contribution in [0.1, 0.15) is 22.7 Å². The number of aromatic nitrogens is 1. The van der Waals surface area contributed by atoms with Crippen LogP contribution < -0.4 is 0 Å². The molecule has 0 saturated carbocycles. The topological polar surface area (TPSA) is 99.9 Å². The molecule has 0 aromatic carbocycles. The molecule has 16 heavy (non-hydrogen) atoms. The number of nitrogens with zero attached hydrogens (tertiary/aromatic N) is 1. The second-order valence-corrected chi connectivity index (χ2v) is 5.01. The zero-order chi connectivity index (χ0) is 12.3. The van der Waals surface area contributed by atoms with Crippen molar-refractivity contribution in [1.29, 1.82) is 0 Å². The lowest BCUT2D eigenvalue weighted by molar-refractivity contribution is 0.135. The Hall–Kier alpha value is -0.780. The van der Waals surface area contributed by atoms with Crippen LogP contribution in [-0.4, -0.2) is 27.0 Å². The first-order valence-corrected chi connectivity index (χ1v) is 6.22. The Balaban J connectivity index is 3.25. The van der Waals surface area contributed by atoms with E-state index in [4.69, 9.17) is 19.6 Å². The van der Waals surface area contributed by atoms with E-state index in [0.717, 1.165) is 0 Å². The molecule has 1 heterocycles. The van der Waals surface area contributed by atoms with Crippen LogP contribution in [0.25, 0.3) is 0 Å². The summed E-state index contributed by atoms with van der Waals surface area (Å²) < 4.78 is 15.9. The van der Waals surface area contributed by atoms with Gasteiger partial charge in [-0.1, -0.05) is 0 Å². The molecule has 0 spiro atoms.